The van der Waals surface area contributed by atoms with Gasteiger partial charge in [0.25, 0.3) is 5.91 Å². The van der Waals surface area contributed by atoms with Crippen LogP contribution < -0.4 is 10.1 Å². The smallest absolute Gasteiger partial charge is 0.255 e. The summed E-state index contributed by atoms with van der Waals surface area (Å²) in [6.45, 7) is 0. The molecule has 1 N–H and O–H groups in total. The van der Waals surface area contributed by atoms with Gasteiger partial charge in [0.05, 0.1) is 18.0 Å². The van der Waals surface area contributed by atoms with E-state index in [9.17, 15) is 9.59 Å². The van der Waals surface area contributed by atoms with Gasteiger partial charge in [-0.1, -0.05) is 12.1 Å². The van der Waals surface area contributed by atoms with Gasteiger partial charge >= 0.3 is 0 Å². The van der Waals surface area contributed by atoms with Gasteiger partial charge in [-0.3, -0.25) is 9.59 Å². The van der Waals surface area contributed by atoms with Crippen molar-refractivity contribution in [1.82, 2.24) is 4.90 Å². The SMILES string of the molecule is COc1ccc(C(=O)Nc2ccc(CC(=O)N(C)C)cc2)cc1Br. The number of amides is 2. The van der Waals surface area contributed by atoms with E-state index in [4.69, 9.17) is 4.74 Å². The molecule has 0 aliphatic carbocycles. The molecule has 0 saturated carbocycles. The number of carbonyl (C=O) groups is 2. The van der Waals surface area contributed by atoms with Gasteiger partial charge in [-0.2, -0.15) is 0 Å². The third-order valence-corrected chi connectivity index (χ3v) is 4.10. The van der Waals surface area contributed by atoms with Gasteiger partial charge in [-0.05, 0) is 51.8 Å². The van der Waals surface area contributed by atoms with E-state index >= 15 is 0 Å². The maximum Gasteiger partial charge on any atom is 0.255 e. The molecular formula is C18H19BrN2O3. The quantitative estimate of drug-likeness (QED) is 0.851. The zero-order chi connectivity index (χ0) is 17.7. The highest BCUT2D eigenvalue weighted by atomic mass is 79.9. The second-order valence-corrected chi connectivity index (χ2v) is 6.32. The summed E-state index contributed by atoms with van der Waals surface area (Å²) >= 11 is 3.36. The summed E-state index contributed by atoms with van der Waals surface area (Å²) in [5, 5.41) is 2.83. The fourth-order valence-corrected chi connectivity index (χ4v) is 2.59. The van der Waals surface area contributed by atoms with Crippen molar-refractivity contribution < 1.29 is 14.3 Å². The van der Waals surface area contributed by atoms with Gasteiger partial charge in [0.1, 0.15) is 5.75 Å². The fraction of sp³-hybridized carbons (Fsp3) is 0.222. The number of ether oxygens (including phenoxy) is 1. The molecule has 2 rings (SSSR count). The monoisotopic (exact) mass is 390 g/mol. The molecular weight excluding hydrogens is 372 g/mol. The number of halogens is 1. The average Bonchev–Trinajstić information content (AvgIpc) is 2.56. The van der Waals surface area contributed by atoms with E-state index in [-0.39, 0.29) is 11.8 Å². The summed E-state index contributed by atoms with van der Waals surface area (Å²) in [4.78, 5) is 25.5. The second kappa shape index (κ2) is 7.97. The number of carbonyl (C=O) groups excluding carboxylic acids is 2. The zero-order valence-corrected chi connectivity index (χ0v) is 15.4. The van der Waals surface area contributed by atoms with Crippen LogP contribution in [0.1, 0.15) is 15.9 Å². The predicted molar refractivity (Wildman–Crippen MR) is 97.5 cm³/mol. The zero-order valence-electron chi connectivity index (χ0n) is 13.8. The molecule has 2 aromatic carbocycles. The summed E-state index contributed by atoms with van der Waals surface area (Å²) in [7, 11) is 5.02. The van der Waals surface area contributed by atoms with Crippen molar-refractivity contribution >= 4 is 33.4 Å². The highest BCUT2D eigenvalue weighted by molar-refractivity contribution is 9.10. The van der Waals surface area contributed by atoms with Crippen LogP contribution in [0.3, 0.4) is 0 Å². The lowest BCUT2D eigenvalue weighted by Gasteiger charge is -2.11. The Morgan fingerprint density at radius 2 is 1.79 bits per heavy atom. The van der Waals surface area contributed by atoms with Crippen molar-refractivity contribution in [3.05, 3.63) is 58.1 Å². The standard InChI is InChI=1S/C18H19BrN2O3/c1-21(2)17(22)10-12-4-7-14(8-5-12)20-18(23)13-6-9-16(24-3)15(19)11-13/h4-9,11H,10H2,1-3H3,(H,20,23). The van der Waals surface area contributed by atoms with Crippen molar-refractivity contribution in [3.63, 3.8) is 0 Å². The van der Waals surface area contributed by atoms with E-state index in [2.05, 4.69) is 21.2 Å². The Hall–Kier alpha value is -2.34. The van der Waals surface area contributed by atoms with E-state index in [1.54, 1.807) is 56.4 Å². The van der Waals surface area contributed by atoms with E-state index in [0.29, 0.717) is 23.4 Å². The van der Waals surface area contributed by atoms with Crippen LogP contribution in [-0.2, 0) is 11.2 Å². The van der Waals surface area contributed by atoms with Crippen LogP contribution in [0.2, 0.25) is 0 Å². The van der Waals surface area contributed by atoms with Crippen LogP contribution in [-0.4, -0.2) is 37.9 Å². The van der Waals surface area contributed by atoms with Gasteiger partial charge < -0.3 is 15.0 Å². The van der Waals surface area contributed by atoms with Crippen LogP contribution in [0.15, 0.2) is 46.9 Å². The molecule has 0 aromatic heterocycles. The molecule has 2 amide bonds. The molecule has 0 saturated heterocycles. The van der Waals surface area contributed by atoms with E-state index in [1.165, 1.54) is 0 Å². The molecule has 0 radical (unpaired) electrons. The first-order valence-electron chi connectivity index (χ1n) is 7.34. The highest BCUT2D eigenvalue weighted by Crippen LogP contribution is 2.26. The molecule has 0 fully saturated rings. The van der Waals surface area contributed by atoms with Crippen molar-refractivity contribution in [3.8, 4) is 5.75 Å². The number of hydrogen-bond donors (Lipinski definition) is 1. The first-order valence-corrected chi connectivity index (χ1v) is 8.14. The number of rotatable bonds is 5. The Kier molecular flexibility index (Phi) is 5.98. The normalized spacial score (nSPS) is 10.2. The number of likely N-dealkylation sites (N-methyl/N-ethyl adjacent to an activating group) is 1. The molecule has 0 aliphatic rings. The first kappa shape index (κ1) is 18.0. The maximum atomic E-state index is 12.3. The summed E-state index contributed by atoms with van der Waals surface area (Å²) in [5.41, 5.74) is 2.10. The maximum absolute atomic E-state index is 12.3. The minimum atomic E-state index is -0.213. The van der Waals surface area contributed by atoms with Crippen molar-refractivity contribution in [1.29, 1.82) is 0 Å². The van der Waals surface area contributed by atoms with Gasteiger partial charge in [-0.15, -0.1) is 0 Å². The van der Waals surface area contributed by atoms with Gasteiger partial charge in [-0.25, -0.2) is 0 Å². The predicted octanol–water partition coefficient (Wildman–Crippen LogP) is 3.34. The Labute approximate surface area is 149 Å². The largest absolute Gasteiger partial charge is 0.496 e. The number of hydrogen-bond acceptors (Lipinski definition) is 3. The molecule has 24 heavy (non-hydrogen) atoms. The summed E-state index contributed by atoms with van der Waals surface area (Å²) in [6, 6.07) is 12.4. The number of methoxy groups -OCH3 is 1. The molecule has 2 aromatic rings. The van der Waals surface area contributed by atoms with Gasteiger partial charge in [0.2, 0.25) is 5.91 Å². The molecule has 0 spiro atoms. The van der Waals surface area contributed by atoms with Crippen LogP contribution in [0, 0.1) is 0 Å². The van der Waals surface area contributed by atoms with Gasteiger partial charge in [0, 0.05) is 25.3 Å². The topological polar surface area (TPSA) is 58.6 Å². The van der Waals surface area contributed by atoms with Crippen LogP contribution in [0.25, 0.3) is 0 Å². The highest BCUT2D eigenvalue weighted by Gasteiger charge is 2.10. The lowest BCUT2D eigenvalue weighted by Crippen LogP contribution is -2.23. The van der Waals surface area contributed by atoms with Crippen molar-refractivity contribution in [2.45, 2.75) is 6.42 Å². The first-order chi connectivity index (χ1) is 11.4. The van der Waals surface area contributed by atoms with Crippen molar-refractivity contribution in [2.24, 2.45) is 0 Å². The lowest BCUT2D eigenvalue weighted by atomic mass is 10.1. The number of anilines is 1. The van der Waals surface area contributed by atoms with Crippen LogP contribution in [0.5, 0.6) is 5.75 Å². The summed E-state index contributed by atoms with van der Waals surface area (Å²) < 4.78 is 5.87. The van der Waals surface area contributed by atoms with Crippen LogP contribution in [0.4, 0.5) is 5.69 Å². The minimum Gasteiger partial charge on any atom is -0.496 e. The van der Waals surface area contributed by atoms with Crippen molar-refractivity contribution in [2.75, 3.05) is 26.5 Å². The average molecular weight is 391 g/mol. The molecule has 0 atom stereocenters. The number of nitrogens with one attached hydrogen (secondary N) is 1. The summed E-state index contributed by atoms with van der Waals surface area (Å²) in [5.74, 6) is 0.492. The lowest BCUT2D eigenvalue weighted by molar-refractivity contribution is -0.127. The Morgan fingerprint density at radius 1 is 1.12 bits per heavy atom. The number of nitrogens with zero attached hydrogens (tertiary/aromatic N) is 1. The van der Waals surface area contributed by atoms with E-state index in [1.807, 2.05) is 12.1 Å². The Bertz CT molecular complexity index is 742. The molecule has 0 heterocycles. The second-order valence-electron chi connectivity index (χ2n) is 5.47. The molecule has 6 heteroatoms. The van der Waals surface area contributed by atoms with Crippen LogP contribution >= 0.6 is 15.9 Å². The Balaban J connectivity index is 2.04. The molecule has 0 unspecified atom stereocenters. The van der Waals surface area contributed by atoms with E-state index < -0.39 is 0 Å². The molecule has 0 bridgehead atoms. The molecule has 0 aliphatic heterocycles. The third-order valence-electron chi connectivity index (χ3n) is 3.48. The third kappa shape index (κ3) is 4.58. The molecule has 5 nitrogen and oxygen atoms in total. The Morgan fingerprint density at radius 3 is 2.33 bits per heavy atom. The summed E-state index contributed by atoms with van der Waals surface area (Å²) in [6.07, 6.45) is 0.340. The fourth-order valence-electron chi connectivity index (χ4n) is 2.05. The number of benzene rings is 2. The molecule has 126 valence electrons. The van der Waals surface area contributed by atoms with E-state index in [0.717, 1.165) is 10.0 Å². The van der Waals surface area contributed by atoms with Gasteiger partial charge in [0.15, 0.2) is 0 Å². The minimum absolute atomic E-state index is 0.0369.